The highest BCUT2D eigenvalue weighted by Gasteiger charge is 2.15. The molecule has 1 aliphatic rings. The van der Waals surface area contributed by atoms with Crippen molar-refractivity contribution >= 4 is 39.9 Å². The van der Waals surface area contributed by atoms with Crippen LogP contribution < -0.4 is 4.90 Å². The van der Waals surface area contributed by atoms with Gasteiger partial charge in [0.25, 0.3) is 0 Å². The Balaban J connectivity index is 1.74. The molecular formula is C19H19Cl2N3O. The van der Waals surface area contributed by atoms with Crippen molar-refractivity contribution in [3.05, 3.63) is 57.8 Å². The average Bonchev–Trinajstić information content (AvgIpc) is 2.94. The first kappa shape index (κ1) is 16.7. The van der Waals surface area contributed by atoms with Gasteiger partial charge in [-0.1, -0.05) is 23.2 Å². The third kappa shape index (κ3) is 3.34. The smallest absolute Gasteiger partial charge is 0.107 e. The van der Waals surface area contributed by atoms with Crippen LogP contribution in [0.5, 0.6) is 0 Å². The number of hydrogen-bond donors (Lipinski definition) is 0. The minimum absolute atomic E-state index is 0.647. The van der Waals surface area contributed by atoms with Gasteiger partial charge < -0.3 is 14.2 Å². The summed E-state index contributed by atoms with van der Waals surface area (Å²) < 4.78 is 7.64. The molecule has 0 amide bonds. The van der Waals surface area contributed by atoms with Crippen LogP contribution in [0.1, 0.15) is 11.4 Å². The van der Waals surface area contributed by atoms with Crippen molar-refractivity contribution in [2.45, 2.75) is 13.5 Å². The van der Waals surface area contributed by atoms with Crippen molar-refractivity contribution < 1.29 is 4.74 Å². The molecule has 6 heteroatoms. The lowest BCUT2D eigenvalue weighted by Gasteiger charge is -2.28. The molecule has 0 bridgehead atoms. The van der Waals surface area contributed by atoms with Gasteiger partial charge in [-0.2, -0.15) is 0 Å². The zero-order chi connectivity index (χ0) is 17.4. The van der Waals surface area contributed by atoms with Crippen LogP contribution in [0.2, 0.25) is 10.0 Å². The van der Waals surface area contributed by atoms with Crippen molar-refractivity contribution in [1.82, 2.24) is 9.55 Å². The molecule has 3 aromatic rings. The fourth-order valence-corrected chi connectivity index (χ4v) is 3.66. The van der Waals surface area contributed by atoms with Crippen molar-refractivity contribution in [3.8, 4) is 0 Å². The Bertz CT molecular complexity index is 916. The van der Waals surface area contributed by atoms with Crippen LogP contribution in [-0.4, -0.2) is 35.9 Å². The monoisotopic (exact) mass is 375 g/mol. The van der Waals surface area contributed by atoms with Gasteiger partial charge in [-0.15, -0.1) is 0 Å². The number of morpholine rings is 1. The molecular weight excluding hydrogens is 357 g/mol. The zero-order valence-corrected chi connectivity index (χ0v) is 15.5. The number of anilines is 1. The molecule has 25 heavy (non-hydrogen) atoms. The predicted octanol–water partition coefficient (Wildman–Crippen LogP) is 4.54. The van der Waals surface area contributed by atoms with E-state index in [9.17, 15) is 0 Å². The van der Waals surface area contributed by atoms with Crippen molar-refractivity contribution in [2.24, 2.45) is 0 Å². The molecule has 4 rings (SSSR count). The Morgan fingerprint density at radius 3 is 2.68 bits per heavy atom. The normalized spacial score (nSPS) is 15.1. The van der Waals surface area contributed by atoms with Crippen molar-refractivity contribution in [1.29, 1.82) is 0 Å². The van der Waals surface area contributed by atoms with Gasteiger partial charge in [0.15, 0.2) is 0 Å². The summed E-state index contributed by atoms with van der Waals surface area (Å²) in [6.07, 6.45) is 0. The molecule has 1 aromatic heterocycles. The fourth-order valence-electron chi connectivity index (χ4n) is 3.28. The minimum atomic E-state index is 0.647. The number of hydrogen-bond acceptors (Lipinski definition) is 3. The van der Waals surface area contributed by atoms with Crippen molar-refractivity contribution in [3.63, 3.8) is 0 Å². The maximum absolute atomic E-state index is 6.36. The number of nitrogens with zero attached hydrogens (tertiary/aromatic N) is 3. The summed E-state index contributed by atoms with van der Waals surface area (Å²) in [5, 5.41) is 1.41. The lowest BCUT2D eigenvalue weighted by atomic mass is 10.2. The lowest BCUT2D eigenvalue weighted by molar-refractivity contribution is 0.122. The number of imidazole rings is 1. The summed E-state index contributed by atoms with van der Waals surface area (Å²) in [5.41, 5.74) is 4.30. The van der Waals surface area contributed by atoms with E-state index >= 15 is 0 Å². The molecule has 0 N–H and O–H groups in total. The first-order valence-electron chi connectivity index (χ1n) is 8.35. The number of fused-ring (bicyclic) bond motifs is 1. The molecule has 1 aliphatic heterocycles. The number of ether oxygens (including phenoxy) is 1. The van der Waals surface area contributed by atoms with Crippen LogP contribution in [0.25, 0.3) is 11.0 Å². The summed E-state index contributed by atoms with van der Waals surface area (Å²) >= 11 is 12.5. The van der Waals surface area contributed by atoms with E-state index in [1.807, 2.05) is 25.1 Å². The third-order valence-corrected chi connectivity index (χ3v) is 5.24. The van der Waals surface area contributed by atoms with E-state index in [1.54, 1.807) is 0 Å². The molecule has 130 valence electrons. The maximum atomic E-state index is 6.36. The second-order valence-electron chi connectivity index (χ2n) is 6.25. The highest BCUT2D eigenvalue weighted by atomic mass is 35.5. The summed E-state index contributed by atoms with van der Waals surface area (Å²) in [6, 6.07) is 12.0. The highest BCUT2D eigenvalue weighted by Crippen LogP contribution is 2.27. The Hall–Kier alpha value is -1.75. The van der Waals surface area contributed by atoms with Gasteiger partial charge in [-0.3, -0.25) is 0 Å². The van der Waals surface area contributed by atoms with E-state index in [1.165, 1.54) is 5.69 Å². The van der Waals surface area contributed by atoms with Gasteiger partial charge in [-0.25, -0.2) is 4.98 Å². The van der Waals surface area contributed by atoms with Crippen LogP contribution in [0, 0.1) is 6.92 Å². The maximum Gasteiger partial charge on any atom is 0.107 e. The van der Waals surface area contributed by atoms with E-state index in [2.05, 4.69) is 27.7 Å². The molecule has 0 saturated carbocycles. The molecule has 0 atom stereocenters. The second kappa shape index (κ2) is 6.87. The molecule has 0 aliphatic carbocycles. The third-order valence-electron chi connectivity index (χ3n) is 4.64. The Kier molecular flexibility index (Phi) is 4.59. The SMILES string of the molecule is Cc1nc2ccc(N3CCOCC3)cc2n1Cc1cc(Cl)ccc1Cl. The predicted molar refractivity (Wildman–Crippen MR) is 103 cm³/mol. The molecule has 2 heterocycles. The van der Waals surface area contributed by atoms with Gasteiger partial charge >= 0.3 is 0 Å². The molecule has 1 saturated heterocycles. The molecule has 1 fully saturated rings. The van der Waals surface area contributed by atoms with Crippen LogP contribution in [-0.2, 0) is 11.3 Å². The number of aryl methyl sites for hydroxylation is 1. The molecule has 2 aromatic carbocycles. The van der Waals surface area contributed by atoms with E-state index < -0.39 is 0 Å². The number of rotatable bonds is 3. The van der Waals surface area contributed by atoms with E-state index in [0.29, 0.717) is 11.6 Å². The summed E-state index contributed by atoms with van der Waals surface area (Å²) in [6.45, 7) is 6.04. The standard InChI is InChI=1S/C19H19Cl2N3O/c1-13-22-18-5-3-16(23-6-8-25-9-7-23)11-19(18)24(13)12-14-10-15(20)2-4-17(14)21/h2-5,10-11H,6-9,12H2,1H3. The minimum Gasteiger partial charge on any atom is -0.378 e. The summed E-state index contributed by atoms with van der Waals surface area (Å²) in [5.74, 6) is 0.963. The van der Waals surface area contributed by atoms with Gasteiger partial charge in [0, 0.05) is 28.8 Å². The Morgan fingerprint density at radius 1 is 1.08 bits per heavy atom. The van der Waals surface area contributed by atoms with Gasteiger partial charge in [0.2, 0.25) is 0 Å². The van der Waals surface area contributed by atoms with Crippen LogP contribution in [0.3, 0.4) is 0 Å². The number of aromatic nitrogens is 2. The number of halogens is 2. The molecule has 4 nitrogen and oxygen atoms in total. The largest absolute Gasteiger partial charge is 0.378 e. The highest BCUT2D eigenvalue weighted by molar-refractivity contribution is 6.33. The second-order valence-corrected chi connectivity index (χ2v) is 7.10. The summed E-state index contributed by atoms with van der Waals surface area (Å²) in [7, 11) is 0. The molecule has 0 spiro atoms. The first-order chi connectivity index (χ1) is 12.1. The van der Waals surface area contributed by atoms with E-state index in [4.69, 9.17) is 32.9 Å². The zero-order valence-electron chi connectivity index (χ0n) is 14.0. The van der Waals surface area contributed by atoms with Crippen LogP contribution >= 0.6 is 23.2 Å². The Labute approximate surface area is 156 Å². The Morgan fingerprint density at radius 2 is 1.88 bits per heavy atom. The van der Waals surface area contributed by atoms with Gasteiger partial charge in [0.05, 0.1) is 30.8 Å². The molecule has 0 unspecified atom stereocenters. The van der Waals surface area contributed by atoms with Gasteiger partial charge in [-0.05, 0) is 48.9 Å². The van der Waals surface area contributed by atoms with Crippen LogP contribution in [0.15, 0.2) is 36.4 Å². The van der Waals surface area contributed by atoms with E-state index in [0.717, 1.165) is 53.7 Å². The van der Waals surface area contributed by atoms with Gasteiger partial charge in [0.1, 0.15) is 5.82 Å². The van der Waals surface area contributed by atoms with E-state index in [-0.39, 0.29) is 0 Å². The average molecular weight is 376 g/mol. The quantitative estimate of drug-likeness (QED) is 0.673. The summed E-state index contributed by atoms with van der Waals surface area (Å²) in [4.78, 5) is 7.04. The van der Waals surface area contributed by atoms with Crippen LogP contribution in [0.4, 0.5) is 5.69 Å². The lowest BCUT2D eigenvalue weighted by Crippen LogP contribution is -2.36. The van der Waals surface area contributed by atoms with Crippen molar-refractivity contribution in [2.75, 3.05) is 31.2 Å². The molecule has 0 radical (unpaired) electrons. The number of benzene rings is 2. The topological polar surface area (TPSA) is 30.3 Å². The first-order valence-corrected chi connectivity index (χ1v) is 9.11. The fraction of sp³-hybridized carbons (Fsp3) is 0.316.